The Labute approximate surface area is 138 Å². The molecular weight excluding hydrogens is 300 g/mol. The van der Waals surface area contributed by atoms with Crippen LogP contribution in [0.25, 0.3) is 0 Å². The van der Waals surface area contributed by atoms with Crippen molar-refractivity contribution in [3.05, 3.63) is 82.2 Å². The number of fused-ring (bicyclic) bond motifs is 2. The lowest BCUT2D eigenvalue weighted by Gasteiger charge is -2.32. The van der Waals surface area contributed by atoms with Crippen LogP contribution in [0.15, 0.2) is 71.1 Å². The molecule has 2 N–H and O–H groups in total. The van der Waals surface area contributed by atoms with Crippen LogP contribution in [0.4, 0.5) is 11.4 Å². The molecule has 5 rings (SSSR count). The summed E-state index contributed by atoms with van der Waals surface area (Å²) in [6.07, 6.45) is 0.979. The molecule has 0 radical (unpaired) electrons. The van der Waals surface area contributed by atoms with E-state index >= 15 is 0 Å². The molecule has 2 heterocycles. The highest BCUT2D eigenvalue weighted by atomic mass is 16.1. The van der Waals surface area contributed by atoms with E-state index in [9.17, 15) is 9.59 Å². The summed E-state index contributed by atoms with van der Waals surface area (Å²) in [5.74, 6) is -0.146. The Morgan fingerprint density at radius 3 is 1.50 bits per heavy atom. The lowest BCUT2D eigenvalue weighted by atomic mass is 9.81. The van der Waals surface area contributed by atoms with Gasteiger partial charge in [-0.05, 0) is 23.3 Å². The van der Waals surface area contributed by atoms with Crippen molar-refractivity contribution < 1.29 is 9.59 Å². The summed E-state index contributed by atoms with van der Waals surface area (Å²) >= 11 is 0. The normalized spacial score (nSPS) is 18.2. The number of ketones is 2. The Kier molecular flexibility index (Phi) is 2.59. The molecule has 2 aromatic rings. The van der Waals surface area contributed by atoms with E-state index in [4.69, 9.17) is 0 Å². The van der Waals surface area contributed by atoms with Crippen molar-refractivity contribution in [3.63, 3.8) is 0 Å². The number of benzene rings is 2. The Morgan fingerprint density at radius 2 is 1.04 bits per heavy atom. The summed E-state index contributed by atoms with van der Waals surface area (Å²) in [6.45, 7) is 0. The van der Waals surface area contributed by atoms with Gasteiger partial charge in [0.25, 0.3) is 0 Å². The van der Waals surface area contributed by atoms with Crippen LogP contribution < -0.4 is 10.6 Å². The van der Waals surface area contributed by atoms with Gasteiger partial charge in [-0.25, -0.2) is 0 Å². The minimum absolute atomic E-state index is 0.0730. The van der Waals surface area contributed by atoms with E-state index in [1.807, 2.05) is 48.5 Å². The monoisotopic (exact) mass is 314 g/mol. The zero-order valence-corrected chi connectivity index (χ0v) is 12.8. The molecule has 4 heteroatoms. The van der Waals surface area contributed by atoms with Gasteiger partial charge in [0, 0.05) is 35.4 Å². The van der Waals surface area contributed by atoms with Crippen molar-refractivity contribution >= 4 is 22.9 Å². The fraction of sp³-hybridized carbons (Fsp3) is 0.100. The molecule has 2 aromatic carbocycles. The fourth-order valence-corrected chi connectivity index (χ4v) is 3.65. The van der Waals surface area contributed by atoms with Crippen LogP contribution >= 0.6 is 0 Å². The number of allylic oxidation sites excluding steroid dienone is 2. The highest BCUT2D eigenvalue weighted by Gasteiger charge is 2.38. The second-order valence-electron chi connectivity index (χ2n) is 6.28. The topological polar surface area (TPSA) is 58.2 Å². The van der Waals surface area contributed by atoms with Gasteiger partial charge in [0.1, 0.15) is 0 Å². The van der Waals surface area contributed by atoms with E-state index < -0.39 is 0 Å². The summed E-state index contributed by atoms with van der Waals surface area (Å²) in [7, 11) is 0. The maximum atomic E-state index is 13.0. The smallest absolute Gasteiger partial charge is 0.208 e. The van der Waals surface area contributed by atoms with Crippen molar-refractivity contribution in [1.29, 1.82) is 0 Å². The number of anilines is 2. The Balaban J connectivity index is 1.60. The third-order valence-corrected chi connectivity index (χ3v) is 4.89. The maximum absolute atomic E-state index is 13.0. The number of nitrogens with one attached hydrogen (secondary N) is 2. The molecular formula is C20H14N2O2. The molecule has 0 atom stereocenters. The summed E-state index contributed by atoms with van der Waals surface area (Å²) in [5.41, 5.74) is 5.90. The first-order chi connectivity index (χ1) is 11.7. The van der Waals surface area contributed by atoms with Crippen LogP contribution in [0.3, 0.4) is 0 Å². The first-order valence-corrected chi connectivity index (χ1v) is 7.98. The average Bonchev–Trinajstić information content (AvgIpc) is 2.64. The number of Topliss-reactive ketones (excluding diaryl/α,β-unsaturated/α-hetero) is 2. The maximum Gasteiger partial charge on any atom is 0.208 e. The average molecular weight is 314 g/mol. The van der Waals surface area contributed by atoms with E-state index in [1.165, 1.54) is 0 Å². The molecule has 0 aromatic heterocycles. The lowest BCUT2D eigenvalue weighted by Crippen LogP contribution is -2.35. The van der Waals surface area contributed by atoms with Gasteiger partial charge in [-0.2, -0.15) is 0 Å². The standard InChI is InChI=1S/C20H14N2O2/c23-19-13-9-11-5-1-3-7-15(11)21-17(13)20(24)14-10-12-6-2-4-8-16(12)22-18(14)19/h1-8,21-22H,9-10H2. The lowest BCUT2D eigenvalue weighted by molar-refractivity contribution is -0.116. The Morgan fingerprint density at radius 1 is 0.625 bits per heavy atom. The molecule has 0 fully saturated rings. The molecule has 0 unspecified atom stereocenters. The molecule has 0 saturated heterocycles. The van der Waals surface area contributed by atoms with E-state index in [1.54, 1.807) is 0 Å². The summed E-state index contributed by atoms with van der Waals surface area (Å²) < 4.78 is 0. The van der Waals surface area contributed by atoms with Crippen molar-refractivity contribution in [1.82, 2.24) is 0 Å². The Hall–Kier alpha value is -3.14. The van der Waals surface area contributed by atoms with Crippen LogP contribution in [-0.4, -0.2) is 11.6 Å². The third kappa shape index (κ3) is 1.74. The van der Waals surface area contributed by atoms with Crippen molar-refractivity contribution in [2.75, 3.05) is 10.6 Å². The van der Waals surface area contributed by atoms with E-state index in [0.717, 1.165) is 22.5 Å². The van der Waals surface area contributed by atoms with E-state index in [0.29, 0.717) is 35.4 Å². The number of para-hydroxylation sites is 2. The van der Waals surface area contributed by atoms with Crippen LogP contribution in [0, 0.1) is 0 Å². The SMILES string of the molecule is O=C1C2=C(Nc3ccccc3C2)C(=O)C2=C1Nc1ccccc1C2. The second-order valence-corrected chi connectivity index (χ2v) is 6.28. The van der Waals surface area contributed by atoms with Gasteiger partial charge >= 0.3 is 0 Å². The molecule has 3 aliphatic rings. The van der Waals surface area contributed by atoms with Gasteiger partial charge in [0.05, 0.1) is 11.4 Å². The second kappa shape index (κ2) is 4.68. The molecule has 0 bridgehead atoms. The fourth-order valence-electron chi connectivity index (χ4n) is 3.65. The van der Waals surface area contributed by atoms with Gasteiger partial charge in [0.15, 0.2) is 0 Å². The molecule has 116 valence electrons. The van der Waals surface area contributed by atoms with Gasteiger partial charge in [-0.1, -0.05) is 36.4 Å². The van der Waals surface area contributed by atoms with Crippen LogP contribution in [0.1, 0.15) is 11.1 Å². The minimum Gasteiger partial charge on any atom is -0.352 e. The summed E-state index contributed by atoms with van der Waals surface area (Å²) in [5, 5.41) is 6.37. The molecule has 0 saturated carbocycles. The minimum atomic E-state index is -0.0730. The first-order valence-electron chi connectivity index (χ1n) is 7.98. The highest BCUT2D eigenvalue weighted by molar-refractivity contribution is 6.28. The summed E-state index contributed by atoms with van der Waals surface area (Å²) in [4.78, 5) is 26.0. The van der Waals surface area contributed by atoms with E-state index in [-0.39, 0.29) is 11.6 Å². The quantitative estimate of drug-likeness (QED) is 0.734. The largest absolute Gasteiger partial charge is 0.352 e. The number of hydrogen-bond donors (Lipinski definition) is 2. The molecule has 2 aliphatic heterocycles. The molecule has 0 amide bonds. The van der Waals surface area contributed by atoms with Crippen molar-refractivity contribution in [2.45, 2.75) is 12.8 Å². The molecule has 1 aliphatic carbocycles. The van der Waals surface area contributed by atoms with Crippen LogP contribution in [0.5, 0.6) is 0 Å². The van der Waals surface area contributed by atoms with Gasteiger partial charge < -0.3 is 10.6 Å². The van der Waals surface area contributed by atoms with Crippen molar-refractivity contribution in [2.24, 2.45) is 0 Å². The molecule has 24 heavy (non-hydrogen) atoms. The van der Waals surface area contributed by atoms with Crippen LogP contribution in [0.2, 0.25) is 0 Å². The van der Waals surface area contributed by atoms with E-state index in [2.05, 4.69) is 10.6 Å². The van der Waals surface area contributed by atoms with Crippen LogP contribution in [-0.2, 0) is 22.4 Å². The zero-order valence-electron chi connectivity index (χ0n) is 12.8. The number of rotatable bonds is 0. The third-order valence-electron chi connectivity index (χ3n) is 4.89. The predicted molar refractivity (Wildman–Crippen MR) is 91.6 cm³/mol. The number of carbonyl (C=O) groups is 2. The Bertz CT molecular complexity index is 843. The molecule has 0 spiro atoms. The predicted octanol–water partition coefficient (Wildman–Crippen LogP) is 2.98. The van der Waals surface area contributed by atoms with Crippen molar-refractivity contribution in [3.8, 4) is 0 Å². The van der Waals surface area contributed by atoms with Gasteiger partial charge in [-0.15, -0.1) is 0 Å². The number of hydrogen-bond acceptors (Lipinski definition) is 4. The zero-order chi connectivity index (χ0) is 16.3. The molecule has 4 nitrogen and oxygen atoms in total. The summed E-state index contributed by atoms with van der Waals surface area (Å²) in [6, 6.07) is 15.6. The van der Waals surface area contributed by atoms with Gasteiger partial charge in [0.2, 0.25) is 11.6 Å². The number of carbonyl (C=O) groups excluding carboxylic acids is 2. The highest BCUT2D eigenvalue weighted by Crippen LogP contribution is 2.38. The van der Waals surface area contributed by atoms with Gasteiger partial charge in [-0.3, -0.25) is 9.59 Å². The first kappa shape index (κ1) is 13.3.